The van der Waals surface area contributed by atoms with Gasteiger partial charge in [0.05, 0.1) is 18.9 Å². The fourth-order valence-electron chi connectivity index (χ4n) is 3.47. The lowest BCUT2D eigenvalue weighted by Gasteiger charge is -2.28. The Morgan fingerprint density at radius 2 is 1.97 bits per heavy atom. The van der Waals surface area contributed by atoms with Crippen molar-refractivity contribution in [1.82, 2.24) is 24.5 Å². The summed E-state index contributed by atoms with van der Waals surface area (Å²) < 4.78 is 9.71. The zero-order valence-electron chi connectivity index (χ0n) is 16.9. The smallest absolute Gasteiger partial charge is 0.232 e. The maximum Gasteiger partial charge on any atom is 0.232 e. The van der Waals surface area contributed by atoms with E-state index in [1.165, 1.54) is 12.0 Å². The molecule has 8 heteroatoms. The van der Waals surface area contributed by atoms with Crippen molar-refractivity contribution in [3.8, 4) is 5.69 Å². The van der Waals surface area contributed by atoms with Crippen LogP contribution >= 0.6 is 11.8 Å². The summed E-state index contributed by atoms with van der Waals surface area (Å²) in [5.41, 5.74) is 2.36. The molecule has 7 nitrogen and oxygen atoms in total. The predicted molar refractivity (Wildman–Crippen MR) is 116 cm³/mol. The lowest BCUT2D eigenvalue weighted by Crippen LogP contribution is -2.37. The predicted octanol–water partition coefficient (Wildman–Crippen LogP) is 3.57. The number of hydrogen-bond donors (Lipinski definition) is 0. The molecule has 0 amide bonds. The fraction of sp³-hybridized carbons (Fsp3) is 0.476. The number of morpholine rings is 1. The molecular weight excluding hydrogens is 384 g/mol. The first-order valence-corrected chi connectivity index (χ1v) is 11.3. The van der Waals surface area contributed by atoms with E-state index in [1.54, 1.807) is 11.8 Å². The van der Waals surface area contributed by atoms with Gasteiger partial charge in [-0.05, 0) is 43.5 Å². The lowest BCUT2D eigenvalue weighted by molar-refractivity contribution is 0.122. The van der Waals surface area contributed by atoms with E-state index in [-0.39, 0.29) is 0 Å². The SMILES string of the molecule is Cc1cccc(-n2c(SCCCCCn3cccn3)nnc2N2CCOCC2)c1. The number of aryl methyl sites for hydroxylation is 2. The molecule has 0 aliphatic carbocycles. The standard InChI is InChI=1S/C21H28N6OS/c1-18-7-5-8-19(17-18)27-20(25-12-14-28-15-13-25)23-24-21(27)29-16-4-2-3-10-26-11-6-9-22-26/h5-9,11,17H,2-4,10,12-16H2,1H3. The molecule has 0 spiro atoms. The second kappa shape index (κ2) is 9.93. The van der Waals surface area contributed by atoms with Gasteiger partial charge in [0.15, 0.2) is 5.16 Å². The number of hydrogen-bond acceptors (Lipinski definition) is 6. The first-order chi connectivity index (χ1) is 14.3. The molecule has 0 atom stereocenters. The van der Waals surface area contributed by atoms with Crippen LogP contribution in [0.25, 0.3) is 5.69 Å². The molecule has 1 saturated heterocycles. The number of aromatic nitrogens is 5. The molecule has 0 saturated carbocycles. The van der Waals surface area contributed by atoms with E-state index in [0.29, 0.717) is 0 Å². The molecule has 0 bridgehead atoms. The van der Waals surface area contributed by atoms with Crippen molar-refractivity contribution in [1.29, 1.82) is 0 Å². The molecule has 2 aromatic heterocycles. The molecule has 0 radical (unpaired) electrons. The van der Waals surface area contributed by atoms with Gasteiger partial charge in [0, 0.05) is 37.8 Å². The first-order valence-electron chi connectivity index (χ1n) is 10.3. The summed E-state index contributed by atoms with van der Waals surface area (Å²) in [5.74, 6) is 1.95. The van der Waals surface area contributed by atoms with Crippen molar-refractivity contribution >= 4 is 17.7 Å². The number of unbranched alkanes of at least 4 members (excludes halogenated alkanes) is 2. The Morgan fingerprint density at radius 1 is 1.07 bits per heavy atom. The van der Waals surface area contributed by atoms with E-state index in [1.807, 2.05) is 23.1 Å². The van der Waals surface area contributed by atoms with Crippen LogP contribution in [-0.4, -0.2) is 56.6 Å². The third-order valence-electron chi connectivity index (χ3n) is 4.99. The molecule has 3 aromatic rings. The number of benzene rings is 1. The molecule has 1 aliphatic rings. The van der Waals surface area contributed by atoms with Gasteiger partial charge in [-0.3, -0.25) is 9.25 Å². The first kappa shape index (κ1) is 20.0. The molecule has 154 valence electrons. The Labute approximate surface area is 176 Å². The van der Waals surface area contributed by atoms with Gasteiger partial charge in [0.25, 0.3) is 0 Å². The van der Waals surface area contributed by atoms with Crippen LogP contribution in [0, 0.1) is 6.92 Å². The van der Waals surface area contributed by atoms with E-state index in [2.05, 4.69) is 56.0 Å². The van der Waals surface area contributed by atoms with E-state index >= 15 is 0 Å². The van der Waals surface area contributed by atoms with Gasteiger partial charge in [0.1, 0.15) is 0 Å². The summed E-state index contributed by atoms with van der Waals surface area (Å²) in [6.07, 6.45) is 7.33. The third-order valence-corrected chi connectivity index (χ3v) is 6.01. The summed E-state index contributed by atoms with van der Waals surface area (Å²) in [6, 6.07) is 10.5. The van der Waals surface area contributed by atoms with Crippen molar-refractivity contribution in [2.75, 3.05) is 37.0 Å². The van der Waals surface area contributed by atoms with Crippen molar-refractivity contribution in [3.63, 3.8) is 0 Å². The molecule has 1 aliphatic heterocycles. The molecule has 4 rings (SSSR count). The highest BCUT2D eigenvalue weighted by Gasteiger charge is 2.21. The second-order valence-corrected chi connectivity index (χ2v) is 8.30. The number of nitrogens with zero attached hydrogens (tertiary/aromatic N) is 6. The van der Waals surface area contributed by atoms with E-state index in [9.17, 15) is 0 Å². The van der Waals surface area contributed by atoms with Crippen LogP contribution in [0.4, 0.5) is 5.95 Å². The van der Waals surface area contributed by atoms with Gasteiger partial charge in [0.2, 0.25) is 5.95 Å². The molecule has 29 heavy (non-hydrogen) atoms. The van der Waals surface area contributed by atoms with Gasteiger partial charge in [-0.1, -0.05) is 30.3 Å². The minimum atomic E-state index is 0.736. The average molecular weight is 413 g/mol. The van der Waals surface area contributed by atoms with Gasteiger partial charge in [-0.15, -0.1) is 10.2 Å². The molecule has 1 fully saturated rings. The van der Waals surface area contributed by atoms with Crippen molar-refractivity contribution in [2.45, 2.75) is 37.9 Å². The average Bonchev–Trinajstić information content (AvgIpc) is 3.41. The zero-order valence-corrected chi connectivity index (χ0v) is 17.7. The van der Waals surface area contributed by atoms with Crippen LogP contribution in [0.5, 0.6) is 0 Å². The minimum absolute atomic E-state index is 0.736. The highest BCUT2D eigenvalue weighted by atomic mass is 32.2. The summed E-state index contributed by atoms with van der Waals surface area (Å²) in [6.45, 7) is 6.27. The molecule has 0 unspecified atom stereocenters. The lowest BCUT2D eigenvalue weighted by atomic mass is 10.2. The third kappa shape index (κ3) is 5.19. The monoisotopic (exact) mass is 412 g/mol. The second-order valence-electron chi connectivity index (χ2n) is 7.23. The van der Waals surface area contributed by atoms with Crippen LogP contribution in [0.15, 0.2) is 47.9 Å². The zero-order chi connectivity index (χ0) is 19.9. The van der Waals surface area contributed by atoms with E-state index in [4.69, 9.17) is 4.74 Å². The highest BCUT2D eigenvalue weighted by molar-refractivity contribution is 7.99. The van der Waals surface area contributed by atoms with Gasteiger partial charge in [-0.2, -0.15) is 5.10 Å². The minimum Gasteiger partial charge on any atom is -0.378 e. The van der Waals surface area contributed by atoms with Crippen LogP contribution < -0.4 is 4.90 Å². The Kier molecular flexibility index (Phi) is 6.84. The normalized spacial score (nSPS) is 14.4. The van der Waals surface area contributed by atoms with Crippen molar-refractivity contribution in [2.24, 2.45) is 0 Å². The van der Waals surface area contributed by atoms with Crippen LogP contribution in [0.2, 0.25) is 0 Å². The van der Waals surface area contributed by atoms with Crippen LogP contribution in [0.1, 0.15) is 24.8 Å². The molecule has 1 aromatic carbocycles. The fourth-order valence-corrected chi connectivity index (χ4v) is 4.41. The summed E-state index contributed by atoms with van der Waals surface area (Å²) in [7, 11) is 0. The summed E-state index contributed by atoms with van der Waals surface area (Å²) in [4.78, 5) is 2.27. The van der Waals surface area contributed by atoms with Gasteiger partial charge < -0.3 is 9.64 Å². The summed E-state index contributed by atoms with van der Waals surface area (Å²) >= 11 is 1.79. The molecule has 3 heterocycles. The van der Waals surface area contributed by atoms with Crippen molar-refractivity contribution in [3.05, 3.63) is 48.3 Å². The largest absolute Gasteiger partial charge is 0.378 e. The maximum atomic E-state index is 5.51. The quantitative estimate of drug-likeness (QED) is 0.396. The van der Waals surface area contributed by atoms with Crippen LogP contribution in [0.3, 0.4) is 0 Å². The highest BCUT2D eigenvalue weighted by Crippen LogP contribution is 2.28. The number of anilines is 1. The van der Waals surface area contributed by atoms with E-state index < -0.39 is 0 Å². The van der Waals surface area contributed by atoms with Gasteiger partial charge in [-0.25, -0.2) is 0 Å². The topological polar surface area (TPSA) is 61.0 Å². The number of ether oxygens (including phenoxy) is 1. The number of thioether (sulfide) groups is 1. The maximum absolute atomic E-state index is 5.51. The Balaban J connectivity index is 1.41. The molecular formula is C21H28N6OS. The van der Waals surface area contributed by atoms with E-state index in [0.717, 1.165) is 68.2 Å². The van der Waals surface area contributed by atoms with Crippen molar-refractivity contribution < 1.29 is 4.74 Å². The summed E-state index contributed by atoms with van der Waals surface area (Å²) in [5, 5.41) is 14.3. The Morgan fingerprint density at radius 3 is 2.76 bits per heavy atom. The number of rotatable bonds is 9. The van der Waals surface area contributed by atoms with Crippen LogP contribution in [-0.2, 0) is 11.3 Å². The Bertz CT molecular complexity index is 888. The van der Waals surface area contributed by atoms with Gasteiger partial charge >= 0.3 is 0 Å². The molecule has 0 N–H and O–H groups in total. The Hall–Kier alpha value is -2.32.